The summed E-state index contributed by atoms with van der Waals surface area (Å²) < 4.78 is 1.72. The molecule has 2 aromatic carbocycles. The fourth-order valence-electron chi connectivity index (χ4n) is 2.69. The van der Waals surface area contributed by atoms with Crippen molar-refractivity contribution < 1.29 is 9.72 Å². The fraction of sp³-hybridized carbons (Fsp3) is 0.111. The number of hydrogen-bond donors (Lipinski definition) is 1. The van der Waals surface area contributed by atoms with E-state index in [0.29, 0.717) is 16.6 Å². The molecule has 0 spiro atoms. The van der Waals surface area contributed by atoms with Crippen LogP contribution >= 0.6 is 0 Å². The minimum absolute atomic E-state index is 0.0129. The largest absolute Gasteiger partial charge is 0.350 e. The van der Waals surface area contributed by atoms with E-state index in [1.165, 1.54) is 24.4 Å². The predicted molar refractivity (Wildman–Crippen MR) is 95.0 cm³/mol. The Hall–Kier alpha value is -3.48. The number of benzene rings is 2. The van der Waals surface area contributed by atoms with Crippen LogP contribution in [0, 0.1) is 17.0 Å². The number of nitrogens with one attached hydrogen (secondary N) is 1. The number of para-hydroxylation sites is 1. The Balaban J connectivity index is 2.00. The van der Waals surface area contributed by atoms with Crippen LogP contribution in [0.2, 0.25) is 0 Å². The second kappa shape index (κ2) is 6.20. The van der Waals surface area contributed by atoms with Gasteiger partial charge < -0.3 is 9.88 Å². The number of rotatable bonds is 3. The van der Waals surface area contributed by atoms with Gasteiger partial charge in [0.25, 0.3) is 11.6 Å². The van der Waals surface area contributed by atoms with E-state index < -0.39 is 10.8 Å². The zero-order chi connectivity index (χ0) is 18.1. The van der Waals surface area contributed by atoms with Gasteiger partial charge >= 0.3 is 0 Å². The molecule has 0 unspecified atom stereocenters. The highest BCUT2D eigenvalue weighted by molar-refractivity contribution is 6.06. The van der Waals surface area contributed by atoms with Crippen LogP contribution in [0.5, 0.6) is 0 Å². The van der Waals surface area contributed by atoms with Gasteiger partial charge in [-0.05, 0) is 30.7 Å². The lowest BCUT2D eigenvalue weighted by atomic mass is 10.1. The number of carbonyl (C=O) groups is 1. The molecule has 7 heteroatoms. The predicted octanol–water partition coefficient (Wildman–Crippen LogP) is 3.01. The highest BCUT2D eigenvalue weighted by Gasteiger charge is 2.16. The molecule has 0 radical (unpaired) electrons. The number of aryl methyl sites for hydroxylation is 2. The highest BCUT2D eigenvalue weighted by atomic mass is 16.6. The molecule has 0 aliphatic carbocycles. The number of carbonyl (C=O) groups excluding carboxylic acids is 1. The number of nitrogens with zero attached hydrogens (tertiary/aromatic N) is 2. The summed E-state index contributed by atoms with van der Waals surface area (Å²) >= 11 is 0. The minimum Gasteiger partial charge on any atom is -0.350 e. The van der Waals surface area contributed by atoms with E-state index in [1.54, 1.807) is 36.7 Å². The zero-order valence-electron chi connectivity index (χ0n) is 13.6. The first-order valence-corrected chi connectivity index (χ1v) is 7.53. The molecule has 0 aliphatic heterocycles. The van der Waals surface area contributed by atoms with Gasteiger partial charge in [0.15, 0.2) is 0 Å². The topological polar surface area (TPSA) is 94.2 Å². The lowest BCUT2D eigenvalue weighted by molar-refractivity contribution is -0.384. The number of nitro groups is 1. The van der Waals surface area contributed by atoms with Gasteiger partial charge in [-0.25, -0.2) is 0 Å². The van der Waals surface area contributed by atoms with Crippen molar-refractivity contribution in [3.8, 4) is 0 Å². The van der Waals surface area contributed by atoms with Gasteiger partial charge in [-0.15, -0.1) is 0 Å². The molecule has 0 aliphatic rings. The molecule has 25 heavy (non-hydrogen) atoms. The maximum absolute atomic E-state index is 12.6. The average Bonchev–Trinajstić information content (AvgIpc) is 2.59. The van der Waals surface area contributed by atoms with Gasteiger partial charge in [-0.3, -0.25) is 19.7 Å². The van der Waals surface area contributed by atoms with Crippen LogP contribution in [0.15, 0.2) is 53.5 Å². The molecule has 0 atom stereocenters. The number of fused-ring (bicyclic) bond motifs is 1. The van der Waals surface area contributed by atoms with Gasteiger partial charge in [0.1, 0.15) is 5.56 Å². The molecular weight excluding hydrogens is 322 g/mol. The lowest BCUT2D eigenvalue weighted by Crippen LogP contribution is -2.23. The SMILES string of the molecule is Cc1cc([N+](=O)[O-])ccc1NC(=O)c1cn(C)c2ccccc2c1=O. The number of nitro benzene ring substituents is 1. The van der Waals surface area contributed by atoms with E-state index in [0.717, 1.165) is 5.52 Å². The minimum atomic E-state index is -0.552. The maximum atomic E-state index is 12.6. The Bertz CT molecular complexity index is 1070. The number of non-ortho nitro benzene ring substituents is 1. The van der Waals surface area contributed by atoms with E-state index in [1.807, 2.05) is 6.07 Å². The summed E-state index contributed by atoms with van der Waals surface area (Å²) in [7, 11) is 1.76. The summed E-state index contributed by atoms with van der Waals surface area (Å²) in [6.45, 7) is 1.65. The molecule has 1 amide bonds. The van der Waals surface area contributed by atoms with Crippen LogP contribution in [0.3, 0.4) is 0 Å². The average molecular weight is 337 g/mol. The van der Waals surface area contributed by atoms with Gasteiger partial charge in [0.05, 0.1) is 10.4 Å². The normalized spacial score (nSPS) is 10.6. The van der Waals surface area contributed by atoms with Crippen LogP contribution in [0.25, 0.3) is 10.9 Å². The smallest absolute Gasteiger partial charge is 0.269 e. The van der Waals surface area contributed by atoms with Crippen molar-refractivity contribution in [1.82, 2.24) is 4.57 Å². The molecule has 7 nitrogen and oxygen atoms in total. The Labute approximate surface area is 142 Å². The standard InChI is InChI=1S/C18H15N3O4/c1-11-9-12(21(24)25)7-8-15(11)19-18(23)14-10-20(2)16-6-4-3-5-13(16)17(14)22/h3-10H,1-2H3,(H,19,23). The molecule has 3 aromatic rings. The molecule has 1 heterocycles. The Morgan fingerprint density at radius 1 is 1.20 bits per heavy atom. The van der Waals surface area contributed by atoms with Crippen molar-refractivity contribution in [1.29, 1.82) is 0 Å². The third-order valence-corrected chi connectivity index (χ3v) is 4.01. The van der Waals surface area contributed by atoms with Crippen LogP contribution in [-0.2, 0) is 7.05 Å². The number of amides is 1. The van der Waals surface area contributed by atoms with Crippen molar-refractivity contribution in [3.63, 3.8) is 0 Å². The Kier molecular flexibility index (Phi) is 4.06. The molecule has 1 N–H and O–H groups in total. The Morgan fingerprint density at radius 2 is 1.92 bits per heavy atom. The fourth-order valence-corrected chi connectivity index (χ4v) is 2.69. The van der Waals surface area contributed by atoms with Crippen molar-refractivity contribution >= 4 is 28.2 Å². The summed E-state index contributed by atoms with van der Waals surface area (Å²) in [5, 5.41) is 13.9. The molecule has 0 saturated heterocycles. The summed E-state index contributed by atoms with van der Waals surface area (Å²) in [5.41, 5.74) is 1.29. The van der Waals surface area contributed by atoms with Crippen molar-refractivity contribution in [3.05, 3.63) is 80.1 Å². The highest BCUT2D eigenvalue weighted by Crippen LogP contribution is 2.21. The van der Waals surface area contributed by atoms with Crippen molar-refractivity contribution in [2.75, 3.05) is 5.32 Å². The van der Waals surface area contributed by atoms with E-state index in [4.69, 9.17) is 0 Å². The number of aromatic nitrogens is 1. The van der Waals surface area contributed by atoms with Crippen LogP contribution in [0.1, 0.15) is 15.9 Å². The van der Waals surface area contributed by atoms with E-state index in [-0.39, 0.29) is 16.7 Å². The first kappa shape index (κ1) is 16.4. The Morgan fingerprint density at radius 3 is 2.60 bits per heavy atom. The molecule has 0 saturated carbocycles. The van der Waals surface area contributed by atoms with Gasteiger partial charge in [0, 0.05) is 36.5 Å². The first-order chi connectivity index (χ1) is 11.9. The zero-order valence-corrected chi connectivity index (χ0v) is 13.6. The lowest BCUT2D eigenvalue weighted by Gasteiger charge is -2.11. The third kappa shape index (κ3) is 2.99. The molecule has 0 bridgehead atoms. The van der Waals surface area contributed by atoms with Gasteiger partial charge in [-0.2, -0.15) is 0 Å². The van der Waals surface area contributed by atoms with Gasteiger partial charge in [-0.1, -0.05) is 12.1 Å². The van der Waals surface area contributed by atoms with E-state index >= 15 is 0 Å². The molecule has 126 valence electrons. The second-order valence-corrected chi connectivity index (χ2v) is 5.71. The number of anilines is 1. The third-order valence-electron chi connectivity index (χ3n) is 4.01. The number of pyridine rings is 1. The van der Waals surface area contributed by atoms with E-state index in [2.05, 4.69) is 5.32 Å². The first-order valence-electron chi connectivity index (χ1n) is 7.53. The summed E-state index contributed by atoms with van der Waals surface area (Å²) in [5.74, 6) is -0.552. The van der Waals surface area contributed by atoms with Gasteiger partial charge in [0.2, 0.25) is 5.43 Å². The number of hydrogen-bond acceptors (Lipinski definition) is 4. The van der Waals surface area contributed by atoms with Crippen molar-refractivity contribution in [2.45, 2.75) is 6.92 Å². The van der Waals surface area contributed by atoms with Crippen LogP contribution < -0.4 is 10.7 Å². The van der Waals surface area contributed by atoms with E-state index in [9.17, 15) is 19.7 Å². The molecule has 0 fully saturated rings. The van der Waals surface area contributed by atoms with Crippen LogP contribution in [-0.4, -0.2) is 15.4 Å². The second-order valence-electron chi connectivity index (χ2n) is 5.71. The maximum Gasteiger partial charge on any atom is 0.269 e. The molecule has 1 aromatic heterocycles. The van der Waals surface area contributed by atoms with Crippen molar-refractivity contribution in [2.24, 2.45) is 7.05 Å². The quantitative estimate of drug-likeness (QED) is 0.587. The molecular formula is C18H15N3O4. The summed E-state index contributed by atoms with van der Waals surface area (Å²) in [6, 6.07) is 11.2. The van der Waals surface area contributed by atoms with Crippen LogP contribution in [0.4, 0.5) is 11.4 Å². The summed E-state index contributed by atoms with van der Waals surface area (Å²) in [6.07, 6.45) is 1.49. The monoisotopic (exact) mass is 337 g/mol. The summed E-state index contributed by atoms with van der Waals surface area (Å²) in [4.78, 5) is 35.4. The molecule has 3 rings (SSSR count).